The fourth-order valence-electron chi connectivity index (χ4n) is 1.44. The van der Waals surface area contributed by atoms with E-state index in [0.29, 0.717) is 20.3 Å². The minimum atomic E-state index is -0.707. The molecule has 0 atom stereocenters. The van der Waals surface area contributed by atoms with Gasteiger partial charge in [-0.25, -0.2) is 0 Å². The van der Waals surface area contributed by atoms with Crippen LogP contribution in [0.2, 0.25) is 0 Å². The van der Waals surface area contributed by atoms with Crippen LogP contribution in [0.15, 0.2) is 30.3 Å². The quantitative estimate of drug-likeness (QED) is 0.681. The summed E-state index contributed by atoms with van der Waals surface area (Å²) in [6, 6.07) is 10.7. The van der Waals surface area contributed by atoms with Crippen molar-refractivity contribution in [1.82, 2.24) is 0 Å². The maximum absolute atomic E-state index is 10.3. The van der Waals surface area contributed by atoms with Gasteiger partial charge >= 0.3 is 104 Å². The summed E-state index contributed by atoms with van der Waals surface area (Å²) in [5.74, 6) is 0.975. The van der Waals surface area contributed by atoms with E-state index in [4.69, 9.17) is 5.11 Å². The number of aliphatic carboxylic acids is 1. The Hall–Kier alpha value is -0.701. The van der Waals surface area contributed by atoms with Crippen molar-refractivity contribution >= 4 is 41.9 Å². The molecule has 0 saturated carbocycles. The molecule has 0 aliphatic heterocycles. The average Bonchev–Trinajstić information content (AvgIpc) is 2.66. The van der Waals surface area contributed by atoms with Gasteiger partial charge in [-0.15, -0.1) is 0 Å². The summed E-state index contributed by atoms with van der Waals surface area (Å²) in [5.41, 5.74) is 0. The Morgan fingerprint density at radius 1 is 1.38 bits per heavy atom. The molecule has 2 aromatic rings. The van der Waals surface area contributed by atoms with Gasteiger partial charge < -0.3 is 0 Å². The van der Waals surface area contributed by atoms with Crippen LogP contribution in [0.1, 0.15) is 10.9 Å². The van der Waals surface area contributed by atoms with E-state index in [9.17, 15) is 4.79 Å². The third-order valence-corrected chi connectivity index (χ3v) is 5.94. The molecule has 1 aromatic carbocycles. The van der Waals surface area contributed by atoms with Crippen LogP contribution < -0.4 is 0 Å². The van der Waals surface area contributed by atoms with Gasteiger partial charge in [0, 0.05) is 0 Å². The fraction of sp³-hybridized carbons (Fsp3) is 0.250. The monoisotopic (exact) mass is 300 g/mol. The molecule has 0 amide bonds. The van der Waals surface area contributed by atoms with Crippen LogP contribution in [-0.4, -0.2) is 31.3 Å². The first-order chi connectivity index (χ1) is 7.75. The van der Waals surface area contributed by atoms with E-state index in [2.05, 4.69) is 30.3 Å². The third-order valence-electron chi connectivity index (χ3n) is 2.18. The van der Waals surface area contributed by atoms with E-state index in [1.54, 1.807) is 11.8 Å². The summed E-state index contributed by atoms with van der Waals surface area (Å²) in [4.78, 5) is 10.3. The molecule has 2 rings (SSSR count). The normalized spacial score (nSPS) is 10.8. The van der Waals surface area contributed by atoms with Crippen molar-refractivity contribution in [3.05, 3.63) is 34.8 Å². The van der Waals surface area contributed by atoms with Crippen molar-refractivity contribution < 1.29 is 9.90 Å². The zero-order valence-corrected chi connectivity index (χ0v) is 11.2. The van der Waals surface area contributed by atoms with Gasteiger partial charge in [0.2, 0.25) is 0 Å². The topological polar surface area (TPSA) is 37.3 Å². The Morgan fingerprint density at radius 2 is 2.19 bits per heavy atom. The molecule has 84 valence electrons. The standard InChI is InChI=1S/C12H12O2SSe/c13-12(14)5-6-15-8-10-7-9-3-1-2-4-11(9)16-10/h1-4,7H,5-6,8H2,(H,13,14). The van der Waals surface area contributed by atoms with Crippen molar-refractivity contribution in [3.63, 3.8) is 0 Å². The Balaban J connectivity index is 1.92. The molecule has 0 unspecified atom stereocenters. The average molecular weight is 299 g/mol. The van der Waals surface area contributed by atoms with Crippen LogP contribution in [0, 0.1) is 0 Å². The van der Waals surface area contributed by atoms with E-state index >= 15 is 0 Å². The van der Waals surface area contributed by atoms with E-state index in [1.165, 1.54) is 14.1 Å². The second kappa shape index (κ2) is 5.58. The van der Waals surface area contributed by atoms with Crippen LogP contribution in [0.3, 0.4) is 0 Å². The van der Waals surface area contributed by atoms with Gasteiger partial charge in [0.25, 0.3) is 0 Å². The Bertz CT molecular complexity index is 459. The van der Waals surface area contributed by atoms with Gasteiger partial charge in [0.05, 0.1) is 0 Å². The zero-order chi connectivity index (χ0) is 11.4. The molecule has 0 aliphatic rings. The SMILES string of the molecule is O=C(O)CCSCc1cc2ccccc2[se]1. The molecule has 1 heterocycles. The number of carboxylic acid groups (broad SMARTS) is 1. The fourth-order valence-corrected chi connectivity index (χ4v) is 4.95. The Kier molecular flexibility index (Phi) is 4.10. The molecule has 0 fully saturated rings. The first-order valence-corrected chi connectivity index (χ1v) is 7.89. The molecule has 16 heavy (non-hydrogen) atoms. The van der Waals surface area contributed by atoms with Crippen molar-refractivity contribution in [2.24, 2.45) is 0 Å². The third kappa shape index (κ3) is 3.14. The molecule has 0 radical (unpaired) electrons. The van der Waals surface area contributed by atoms with Crippen molar-refractivity contribution in [2.75, 3.05) is 5.75 Å². The summed E-state index contributed by atoms with van der Waals surface area (Å²) in [7, 11) is 0. The van der Waals surface area contributed by atoms with Gasteiger partial charge in [-0.2, -0.15) is 0 Å². The summed E-state index contributed by atoms with van der Waals surface area (Å²) in [6.45, 7) is 0. The van der Waals surface area contributed by atoms with Crippen LogP contribution in [0.4, 0.5) is 0 Å². The van der Waals surface area contributed by atoms with Crippen LogP contribution >= 0.6 is 11.8 Å². The molecular formula is C12H12O2SSe. The summed E-state index contributed by atoms with van der Waals surface area (Å²) in [5, 5.41) is 9.87. The number of thioether (sulfide) groups is 1. The second-order valence-corrected chi connectivity index (χ2v) is 7.00. The van der Waals surface area contributed by atoms with Crippen LogP contribution in [0.5, 0.6) is 0 Å². The van der Waals surface area contributed by atoms with Gasteiger partial charge in [-0.05, 0) is 0 Å². The number of hydrogen-bond acceptors (Lipinski definition) is 2. The predicted molar refractivity (Wildman–Crippen MR) is 69.3 cm³/mol. The zero-order valence-electron chi connectivity index (χ0n) is 8.68. The minimum absolute atomic E-state index is 0.262. The van der Waals surface area contributed by atoms with E-state index in [0.717, 1.165) is 5.75 Å². The van der Waals surface area contributed by atoms with Gasteiger partial charge in [0.15, 0.2) is 0 Å². The summed E-state index contributed by atoms with van der Waals surface area (Å²) >= 11 is 2.17. The van der Waals surface area contributed by atoms with Gasteiger partial charge in [-0.1, -0.05) is 0 Å². The van der Waals surface area contributed by atoms with E-state index < -0.39 is 5.97 Å². The van der Waals surface area contributed by atoms with Crippen LogP contribution in [0.25, 0.3) is 9.65 Å². The Morgan fingerprint density at radius 3 is 2.94 bits per heavy atom. The number of benzene rings is 1. The number of rotatable bonds is 5. The Labute approximate surface area is 104 Å². The molecular weight excluding hydrogens is 287 g/mol. The first-order valence-electron chi connectivity index (χ1n) is 5.03. The number of carbonyl (C=O) groups is 1. The van der Waals surface area contributed by atoms with Crippen molar-refractivity contribution in [2.45, 2.75) is 12.2 Å². The maximum atomic E-state index is 10.3. The summed E-state index contributed by atoms with van der Waals surface area (Å²) < 4.78 is 2.91. The molecule has 2 nitrogen and oxygen atoms in total. The van der Waals surface area contributed by atoms with Crippen LogP contribution in [-0.2, 0) is 10.5 Å². The second-order valence-electron chi connectivity index (χ2n) is 3.45. The van der Waals surface area contributed by atoms with E-state index in [1.807, 2.05) is 0 Å². The first kappa shape index (κ1) is 11.8. The van der Waals surface area contributed by atoms with Crippen molar-refractivity contribution in [3.8, 4) is 0 Å². The molecule has 1 N–H and O–H groups in total. The molecule has 0 bridgehead atoms. The number of hydrogen-bond donors (Lipinski definition) is 1. The molecule has 0 aliphatic carbocycles. The molecule has 1 aromatic heterocycles. The van der Waals surface area contributed by atoms with Gasteiger partial charge in [-0.3, -0.25) is 0 Å². The predicted octanol–water partition coefficient (Wildman–Crippen LogP) is 2.60. The summed E-state index contributed by atoms with van der Waals surface area (Å²) in [6.07, 6.45) is 0.262. The molecule has 0 spiro atoms. The van der Waals surface area contributed by atoms with Gasteiger partial charge in [0.1, 0.15) is 0 Å². The van der Waals surface area contributed by atoms with E-state index in [-0.39, 0.29) is 6.42 Å². The number of fused-ring (bicyclic) bond motifs is 1. The molecule has 4 heteroatoms. The number of carboxylic acids is 1. The molecule has 0 saturated heterocycles. The van der Waals surface area contributed by atoms with Crippen molar-refractivity contribution in [1.29, 1.82) is 0 Å².